The van der Waals surface area contributed by atoms with Crippen molar-refractivity contribution in [3.63, 3.8) is 0 Å². The maximum absolute atomic E-state index is 12.1. The summed E-state index contributed by atoms with van der Waals surface area (Å²) in [7, 11) is 0. The molecule has 1 amide bonds. The third kappa shape index (κ3) is 2.46. The zero-order valence-electron chi connectivity index (χ0n) is 8.91. The van der Waals surface area contributed by atoms with Gasteiger partial charge in [-0.2, -0.15) is 0 Å². The summed E-state index contributed by atoms with van der Waals surface area (Å²) in [6.07, 6.45) is 0. The smallest absolute Gasteiger partial charge is 0.228 e. The predicted octanol–water partition coefficient (Wildman–Crippen LogP) is -0.680. The van der Waals surface area contributed by atoms with E-state index < -0.39 is 0 Å². The Balaban J connectivity index is 1.74. The molecule has 0 spiro atoms. The second-order valence-electron chi connectivity index (χ2n) is 4.21. The van der Waals surface area contributed by atoms with E-state index in [1.165, 1.54) is 0 Å². The van der Waals surface area contributed by atoms with E-state index in [9.17, 15) is 9.18 Å². The first kappa shape index (κ1) is 10.8. The van der Waals surface area contributed by atoms with E-state index in [2.05, 4.69) is 10.2 Å². The third-order valence-electron chi connectivity index (χ3n) is 3.22. The Hall–Kier alpha value is -0.680. The summed E-state index contributed by atoms with van der Waals surface area (Å²) in [4.78, 5) is 15.8. The van der Waals surface area contributed by atoms with Crippen molar-refractivity contribution in [1.82, 2.24) is 15.1 Å². The monoisotopic (exact) mass is 215 g/mol. The van der Waals surface area contributed by atoms with Gasteiger partial charge in [0.25, 0.3) is 0 Å². The number of nitrogens with one attached hydrogen (secondary N) is 1. The number of piperazine rings is 1. The largest absolute Gasteiger partial charge is 0.340 e. The van der Waals surface area contributed by atoms with Crippen LogP contribution in [0.15, 0.2) is 0 Å². The lowest BCUT2D eigenvalue weighted by Crippen LogP contribution is -2.56. The van der Waals surface area contributed by atoms with Gasteiger partial charge in [-0.3, -0.25) is 9.69 Å². The average Bonchev–Trinajstić information content (AvgIpc) is 2.16. The molecule has 2 rings (SSSR count). The molecule has 15 heavy (non-hydrogen) atoms. The highest BCUT2D eigenvalue weighted by Crippen LogP contribution is 2.10. The molecule has 0 aromatic rings. The van der Waals surface area contributed by atoms with Gasteiger partial charge in [-0.25, -0.2) is 4.39 Å². The van der Waals surface area contributed by atoms with Gasteiger partial charge in [0.2, 0.25) is 5.91 Å². The minimum absolute atomic E-state index is 0.192. The van der Waals surface area contributed by atoms with Crippen molar-refractivity contribution in [2.24, 2.45) is 5.92 Å². The first-order valence-corrected chi connectivity index (χ1v) is 5.59. The van der Waals surface area contributed by atoms with E-state index in [0.717, 1.165) is 39.3 Å². The number of halogens is 1. The van der Waals surface area contributed by atoms with Gasteiger partial charge in [0.05, 0.1) is 5.92 Å². The summed E-state index contributed by atoms with van der Waals surface area (Å²) in [5, 5.41) is 3.10. The van der Waals surface area contributed by atoms with Crippen molar-refractivity contribution in [3.8, 4) is 0 Å². The highest BCUT2D eigenvalue weighted by atomic mass is 19.1. The van der Waals surface area contributed by atoms with Crippen molar-refractivity contribution in [3.05, 3.63) is 0 Å². The van der Waals surface area contributed by atoms with Gasteiger partial charge in [-0.05, 0) is 0 Å². The molecule has 0 bridgehead atoms. The molecule has 0 aromatic heterocycles. The Bertz CT molecular complexity index is 225. The fraction of sp³-hybridized carbons (Fsp3) is 0.900. The van der Waals surface area contributed by atoms with E-state index in [1.807, 2.05) is 4.90 Å². The van der Waals surface area contributed by atoms with E-state index in [4.69, 9.17) is 0 Å². The third-order valence-corrected chi connectivity index (χ3v) is 3.22. The topological polar surface area (TPSA) is 35.6 Å². The standard InChI is InChI=1S/C10H18FN3O/c11-1-2-13-3-5-14(6-4-13)10(15)9-7-12-8-9/h9,12H,1-8H2. The summed E-state index contributed by atoms with van der Waals surface area (Å²) in [5.41, 5.74) is 0. The van der Waals surface area contributed by atoms with Gasteiger partial charge in [-0.15, -0.1) is 0 Å². The Morgan fingerprint density at radius 3 is 2.40 bits per heavy atom. The highest BCUT2D eigenvalue weighted by molar-refractivity contribution is 5.80. The molecule has 0 aromatic carbocycles. The molecule has 4 nitrogen and oxygen atoms in total. The number of carbonyl (C=O) groups excluding carboxylic acids is 1. The van der Waals surface area contributed by atoms with E-state index in [0.29, 0.717) is 6.54 Å². The molecule has 1 N–H and O–H groups in total. The van der Waals surface area contributed by atoms with Crippen molar-refractivity contribution in [2.45, 2.75) is 0 Å². The molecule has 0 unspecified atom stereocenters. The lowest BCUT2D eigenvalue weighted by atomic mass is 10.0. The molecule has 0 radical (unpaired) electrons. The van der Waals surface area contributed by atoms with Crippen LogP contribution in [0.25, 0.3) is 0 Å². The fourth-order valence-electron chi connectivity index (χ4n) is 2.03. The molecule has 0 aliphatic carbocycles. The van der Waals surface area contributed by atoms with Crippen molar-refractivity contribution < 1.29 is 9.18 Å². The SMILES string of the molecule is O=C(C1CNC1)N1CCN(CCF)CC1. The molecule has 2 heterocycles. The van der Waals surface area contributed by atoms with Crippen LogP contribution in [0, 0.1) is 5.92 Å². The van der Waals surface area contributed by atoms with E-state index in [-0.39, 0.29) is 18.5 Å². The van der Waals surface area contributed by atoms with Crippen LogP contribution in [-0.2, 0) is 4.79 Å². The van der Waals surface area contributed by atoms with Gasteiger partial charge in [0, 0.05) is 45.8 Å². The van der Waals surface area contributed by atoms with Gasteiger partial charge >= 0.3 is 0 Å². The predicted molar refractivity (Wildman–Crippen MR) is 55.4 cm³/mol. The van der Waals surface area contributed by atoms with Gasteiger partial charge in [-0.1, -0.05) is 0 Å². The number of carbonyl (C=O) groups is 1. The molecule has 5 heteroatoms. The molecular formula is C10H18FN3O. The molecular weight excluding hydrogens is 197 g/mol. The molecule has 0 saturated carbocycles. The lowest BCUT2D eigenvalue weighted by Gasteiger charge is -2.38. The van der Waals surface area contributed by atoms with Crippen molar-refractivity contribution >= 4 is 5.91 Å². The number of hydrogen-bond acceptors (Lipinski definition) is 3. The Morgan fingerprint density at radius 2 is 1.93 bits per heavy atom. The van der Waals surface area contributed by atoms with Gasteiger partial charge < -0.3 is 10.2 Å². The number of rotatable bonds is 3. The number of alkyl halides is 1. The summed E-state index contributed by atoms with van der Waals surface area (Å²) >= 11 is 0. The van der Waals surface area contributed by atoms with Crippen LogP contribution in [0.2, 0.25) is 0 Å². The number of amides is 1. The first-order valence-electron chi connectivity index (χ1n) is 5.59. The molecule has 0 atom stereocenters. The van der Waals surface area contributed by atoms with Gasteiger partial charge in [0.1, 0.15) is 6.67 Å². The van der Waals surface area contributed by atoms with Crippen molar-refractivity contribution in [1.29, 1.82) is 0 Å². The van der Waals surface area contributed by atoms with Crippen LogP contribution >= 0.6 is 0 Å². The van der Waals surface area contributed by atoms with Crippen LogP contribution < -0.4 is 5.32 Å². The van der Waals surface area contributed by atoms with Crippen molar-refractivity contribution in [2.75, 3.05) is 52.5 Å². The maximum atomic E-state index is 12.1. The van der Waals surface area contributed by atoms with Crippen LogP contribution in [0.3, 0.4) is 0 Å². The van der Waals surface area contributed by atoms with E-state index >= 15 is 0 Å². The Morgan fingerprint density at radius 1 is 1.27 bits per heavy atom. The van der Waals surface area contributed by atoms with Crippen LogP contribution in [0.5, 0.6) is 0 Å². The highest BCUT2D eigenvalue weighted by Gasteiger charge is 2.30. The maximum Gasteiger partial charge on any atom is 0.228 e. The van der Waals surface area contributed by atoms with Gasteiger partial charge in [0.15, 0.2) is 0 Å². The summed E-state index contributed by atoms with van der Waals surface area (Å²) in [6, 6.07) is 0. The summed E-state index contributed by atoms with van der Waals surface area (Å²) in [6.45, 7) is 5.01. The summed E-state index contributed by atoms with van der Waals surface area (Å²) < 4.78 is 12.1. The number of hydrogen-bond donors (Lipinski definition) is 1. The van der Waals surface area contributed by atoms with Crippen LogP contribution in [0.4, 0.5) is 4.39 Å². The Kier molecular flexibility index (Phi) is 3.53. The summed E-state index contributed by atoms with van der Waals surface area (Å²) in [5.74, 6) is 0.464. The quantitative estimate of drug-likeness (QED) is 0.677. The molecule has 86 valence electrons. The fourth-order valence-corrected chi connectivity index (χ4v) is 2.03. The second-order valence-corrected chi connectivity index (χ2v) is 4.21. The second kappa shape index (κ2) is 4.90. The lowest BCUT2D eigenvalue weighted by molar-refractivity contribution is -0.138. The molecule has 2 saturated heterocycles. The number of nitrogens with zero attached hydrogens (tertiary/aromatic N) is 2. The zero-order valence-corrected chi connectivity index (χ0v) is 8.91. The normalized spacial score (nSPS) is 23.9. The minimum atomic E-state index is -0.291. The van der Waals surface area contributed by atoms with Crippen LogP contribution in [-0.4, -0.2) is 68.2 Å². The van der Waals surface area contributed by atoms with Crippen LogP contribution in [0.1, 0.15) is 0 Å². The first-order chi connectivity index (χ1) is 7.31. The molecule has 2 aliphatic rings. The average molecular weight is 215 g/mol. The molecule has 2 fully saturated rings. The zero-order chi connectivity index (χ0) is 10.7. The minimum Gasteiger partial charge on any atom is -0.340 e. The molecule has 2 aliphatic heterocycles. The Labute approximate surface area is 89.4 Å². The van der Waals surface area contributed by atoms with E-state index in [1.54, 1.807) is 0 Å².